The Morgan fingerprint density at radius 1 is 1.07 bits per heavy atom. The molecule has 1 amide bonds. The largest absolute Gasteiger partial charge is 0.489 e. The molecule has 29 heavy (non-hydrogen) atoms. The van der Waals surface area contributed by atoms with Gasteiger partial charge in [-0.3, -0.25) is 4.79 Å². The van der Waals surface area contributed by atoms with Crippen molar-refractivity contribution in [3.8, 4) is 5.75 Å². The lowest BCUT2D eigenvalue weighted by molar-refractivity contribution is -0.125. The van der Waals surface area contributed by atoms with Crippen LogP contribution < -0.4 is 10.1 Å². The third-order valence-corrected chi connectivity index (χ3v) is 4.34. The van der Waals surface area contributed by atoms with Crippen LogP contribution in [0.1, 0.15) is 34.6 Å². The Morgan fingerprint density at radius 3 is 2.45 bits per heavy atom. The van der Waals surface area contributed by atoms with Crippen molar-refractivity contribution in [3.63, 3.8) is 0 Å². The summed E-state index contributed by atoms with van der Waals surface area (Å²) in [6.45, 7) is 1.76. The molecule has 7 heteroatoms. The van der Waals surface area contributed by atoms with Crippen molar-refractivity contribution in [1.29, 1.82) is 0 Å². The van der Waals surface area contributed by atoms with E-state index in [1.807, 2.05) is 0 Å². The number of carbonyl (C=O) groups is 2. The maximum Gasteiger partial charge on any atom is 0.338 e. The average molecular weight is 414 g/mol. The van der Waals surface area contributed by atoms with Crippen molar-refractivity contribution >= 4 is 23.5 Å². The zero-order chi connectivity index (χ0) is 20.6. The van der Waals surface area contributed by atoms with Crippen molar-refractivity contribution < 1.29 is 23.5 Å². The first-order valence-electron chi connectivity index (χ1n) is 8.98. The Hall–Kier alpha value is -3.25. The summed E-state index contributed by atoms with van der Waals surface area (Å²) in [5.41, 5.74) is 1.24. The molecular formula is C22H20ClNO5. The number of esters is 1. The van der Waals surface area contributed by atoms with Crippen LogP contribution in [0.4, 0.5) is 0 Å². The van der Waals surface area contributed by atoms with Gasteiger partial charge in [-0.1, -0.05) is 23.7 Å². The van der Waals surface area contributed by atoms with Gasteiger partial charge in [-0.2, -0.15) is 0 Å². The summed E-state index contributed by atoms with van der Waals surface area (Å²) < 4.78 is 15.9. The third-order valence-electron chi connectivity index (χ3n) is 4.09. The first-order chi connectivity index (χ1) is 14.0. The number of hydrogen-bond donors (Lipinski definition) is 1. The van der Waals surface area contributed by atoms with Crippen molar-refractivity contribution in [2.45, 2.75) is 19.6 Å². The smallest absolute Gasteiger partial charge is 0.338 e. The highest BCUT2D eigenvalue weighted by Gasteiger charge is 2.14. The summed E-state index contributed by atoms with van der Waals surface area (Å²) in [6, 6.07) is 17.1. The predicted molar refractivity (Wildman–Crippen MR) is 108 cm³/mol. The molecule has 0 unspecified atom stereocenters. The summed E-state index contributed by atoms with van der Waals surface area (Å²) in [7, 11) is 0. The molecule has 0 aliphatic rings. The molecule has 0 saturated carbocycles. The number of rotatable bonds is 8. The molecule has 6 nitrogen and oxygen atoms in total. The standard InChI is InChI=1S/C22H20ClNO5/c1-15(20-3-2-12-27-20)24-21(25)14-29-22(26)17-6-4-16(5-7-17)13-28-19-10-8-18(23)9-11-19/h2-12,15H,13-14H2,1H3,(H,24,25)/t15-/m1/s1. The average Bonchev–Trinajstić information content (AvgIpc) is 3.27. The van der Waals surface area contributed by atoms with Gasteiger partial charge in [0.05, 0.1) is 17.9 Å². The lowest BCUT2D eigenvalue weighted by Gasteiger charge is -2.11. The molecule has 3 aromatic rings. The second kappa shape index (κ2) is 9.80. The van der Waals surface area contributed by atoms with Gasteiger partial charge in [0.25, 0.3) is 5.91 Å². The van der Waals surface area contributed by atoms with Crippen molar-refractivity contribution in [2.24, 2.45) is 0 Å². The maximum atomic E-state index is 12.1. The monoisotopic (exact) mass is 413 g/mol. The number of ether oxygens (including phenoxy) is 2. The molecule has 0 aliphatic heterocycles. The van der Waals surface area contributed by atoms with Crippen LogP contribution >= 0.6 is 11.6 Å². The fourth-order valence-electron chi connectivity index (χ4n) is 2.54. The first-order valence-corrected chi connectivity index (χ1v) is 9.36. The van der Waals surface area contributed by atoms with E-state index >= 15 is 0 Å². The zero-order valence-electron chi connectivity index (χ0n) is 15.8. The SMILES string of the molecule is C[C@@H](NC(=O)COC(=O)c1ccc(COc2ccc(Cl)cc2)cc1)c1ccco1. The molecule has 1 aromatic heterocycles. The van der Waals surface area contributed by atoms with E-state index in [1.165, 1.54) is 6.26 Å². The molecule has 0 saturated heterocycles. The van der Waals surface area contributed by atoms with Gasteiger partial charge in [0, 0.05) is 5.02 Å². The van der Waals surface area contributed by atoms with Crippen LogP contribution in [0.15, 0.2) is 71.3 Å². The van der Waals surface area contributed by atoms with Crippen LogP contribution in [0.25, 0.3) is 0 Å². The topological polar surface area (TPSA) is 77.8 Å². The molecular weight excluding hydrogens is 394 g/mol. The molecule has 2 aromatic carbocycles. The Morgan fingerprint density at radius 2 is 1.79 bits per heavy atom. The number of nitrogens with one attached hydrogen (secondary N) is 1. The number of furan rings is 1. The van der Waals surface area contributed by atoms with E-state index in [0.29, 0.717) is 28.7 Å². The van der Waals surface area contributed by atoms with Crippen LogP contribution in [-0.4, -0.2) is 18.5 Å². The van der Waals surface area contributed by atoms with Gasteiger partial charge in [0.15, 0.2) is 6.61 Å². The van der Waals surface area contributed by atoms with Gasteiger partial charge in [-0.15, -0.1) is 0 Å². The quantitative estimate of drug-likeness (QED) is 0.548. The molecule has 1 atom stereocenters. The number of halogens is 1. The number of carbonyl (C=O) groups excluding carboxylic acids is 2. The first kappa shape index (κ1) is 20.5. The van der Waals surface area contributed by atoms with Gasteiger partial charge >= 0.3 is 5.97 Å². The van der Waals surface area contributed by atoms with Gasteiger partial charge in [-0.05, 0) is 61.0 Å². The Balaban J connectivity index is 1.44. The Labute approximate surface area is 173 Å². The van der Waals surface area contributed by atoms with Gasteiger partial charge < -0.3 is 19.2 Å². The Kier molecular flexibility index (Phi) is 6.92. The highest BCUT2D eigenvalue weighted by atomic mass is 35.5. The van der Waals surface area contributed by atoms with Crippen LogP contribution in [-0.2, 0) is 16.1 Å². The van der Waals surface area contributed by atoms with E-state index in [9.17, 15) is 9.59 Å². The fraction of sp³-hybridized carbons (Fsp3) is 0.182. The van der Waals surface area contributed by atoms with E-state index < -0.39 is 11.9 Å². The second-order valence-electron chi connectivity index (χ2n) is 6.32. The fourth-order valence-corrected chi connectivity index (χ4v) is 2.67. The summed E-state index contributed by atoms with van der Waals surface area (Å²) >= 11 is 5.84. The molecule has 0 spiro atoms. The maximum absolute atomic E-state index is 12.1. The highest BCUT2D eigenvalue weighted by molar-refractivity contribution is 6.30. The van der Waals surface area contributed by atoms with E-state index in [0.717, 1.165) is 5.56 Å². The lowest BCUT2D eigenvalue weighted by atomic mass is 10.1. The molecule has 0 aliphatic carbocycles. The van der Waals surface area contributed by atoms with Crippen molar-refractivity contribution in [3.05, 3.63) is 88.8 Å². The number of benzene rings is 2. The molecule has 0 bridgehead atoms. The highest BCUT2D eigenvalue weighted by Crippen LogP contribution is 2.17. The van der Waals surface area contributed by atoms with Crippen LogP contribution in [0, 0.1) is 0 Å². The van der Waals surface area contributed by atoms with Gasteiger partial charge in [0.1, 0.15) is 18.1 Å². The lowest BCUT2D eigenvalue weighted by Crippen LogP contribution is -2.30. The van der Waals surface area contributed by atoms with E-state index in [-0.39, 0.29) is 12.6 Å². The van der Waals surface area contributed by atoms with Crippen LogP contribution in [0.2, 0.25) is 5.02 Å². The normalized spacial score (nSPS) is 11.5. The minimum absolute atomic E-state index is 0.309. The van der Waals surface area contributed by atoms with Gasteiger partial charge in [0.2, 0.25) is 0 Å². The minimum Gasteiger partial charge on any atom is -0.489 e. The van der Waals surface area contributed by atoms with Gasteiger partial charge in [-0.25, -0.2) is 4.79 Å². The van der Waals surface area contributed by atoms with Crippen molar-refractivity contribution in [1.82, 2.24) is 5.32 Å². The minimum atomic E-state index is -0.573. The third kappa shape index (κ3) is 6.12. The summed E-state index contributed by atoms with van der Waals surface area (Å²) in [4.78, 5) is 24.0. The summed E-state index contributed by atoms with van der Waals surface area (Å²) in [5, 5.41) is 3.34. The van der Waals surface area contributed by atoms with E-state index in [1.54, 1.807) is 67.6 Å². The zero-order valence-corrected chi connectivity index (χ0v) is 16.5. The molecule has 1 heterocycles. The Bertz CT molecular complexity index is 936. The molecule has 150 valence electrons. The molecule has 3 rings (SSSR count). The summed E-state index contributed by atoms with van der Waals surface area (Å²) in [6.07, 6.45) is 1.53. The number of amides is 1. The molecule has 0 radical (unpaired) electrons. The molecule has 1 N–H and O–H groups in total. The number of hydrogen-bond acceptors (Lipinski definition) is 5. The molecule has 0 fully saturated rings. The predicted octanol–water partition coefficient (Wildman–Crippen LogP) is 4.55. The van der Waals surface area contributed by atoms with Crippen LogP contribution in [0.3, 0.4) is 0 Å². The second-order valence-corrected chi connectivity index (χ2v) is 6.76. The van der Waals surface area contributed by atoms with Crippen molar-refractivity contribution in [2.75, 3.05) is 6.61 Å². The van der Waals surface area contributed by atoms with Crippen LogP contribution in [0.5, 0.6) is 5.75 Å². The summed E-state index contributed by atoms with van der Waals surface area (Å²) in [5.74, 6) is 0.347. The van der Waals surface area contributed by atoms with E-state index in [4.69, 9.17) is 25.5 Å². The van der Waals surface area contributed by atoms with E-state index in [2.05, 4.69) is 5.32 Å².